The molecule has 9 nitrogen and oxygen atoms in total. The fraction of sp³-hybridized carbons (Fsp3) is 0.464. The second-order valence-electron chi connectivity index (χ2n) is 11.6. The maximum absolute atomic E-state index is 14.1. The normalized spacial score (nSPS) is 23.8. The number of amides is 1. The number of aromatic nitrogens is 2. The lowest BCUT2D eigenvalue weighted by Gasteiger charge is -2.34. The quantitative estimate of drug-likeness (QED) is 0.443. The Kier molecular flexibility index (Phi) is 6.34. The summed E-state index contributed by atoms with van der Waals surface area (Å²) in [7, 11) is -0.238. The lowest BCUT2D eigenvalue weighted by atomic mass is 10.1. The van der Waals surface area contributed by atoms with E-state index in [-0.39, 0.29) is 32.9 Å². The average molecular weight is 619 g/mol. The van der Waals surface area contributed by atoms with E-state index >= 15 is 0 Å². The smallest absolute Gasteiger partial charge is 0.366 e. The summed E-state index contributed by atoms with van der Waals surface area (Å²) in [5.41, 5.74) is 1.39. The molecule has 5 heterocycles. The number of nitrogens with one attached hydrogen (secondary N) is 1. The van der Waals surface area contributed by atoms with Gasteiger partial charge in [-0.2, -0.15) is 13.2 Å². The van der Waals surface area contributed by atoms with Gasteiger partial charge in [0.15, 0.2) is 9.84 Å². The van der Waals surface area contributed by atoms with Crippen LogP contribution in [0.4, 0.5) is 30.5 Å². The van der Waals surface area contributed by atoms with E-state index < -0.39 is 33.2 Å². The third-order valence-corrected chi connectivity index (χ3v) is 11.7. The van der Waals surface area contributed by atoms with E-state index in [0.717, 1.165) is 55.4 Å². The molecule has 42 heavy (non-hydrogen) atoms. The summed E-state index contributed by atoms with van der Waals surface area (Å²) < 4.78 is 68.0. The summed E-state index contributed by atoms with van der Waals surface area (Å²) in [4.78, 5) is 26.8. The summed E-state index contributed by atoms with van der Waals surface area (Å²) in [5.74, 6) is -0.541. The number of benzene rings is 1. The number of carbonyl (C=O) groups excluding carboxylic acids is 1. The zero-order valence-electron chi connectivity index (χ0n) is 23.0. The highest BCUT2D eigenvalue weighted by molar-refractivity contribution is 7.91. The van der Waals surface area contributed by atoms with Crippen molar-refractivity contribution in [2.45, 2.75) is 48.3 Å². The number of anilines is 3. The minimum absolute atomic E-state index is 0.00540. The van der Waals surface area contributed by atoms with E-state index in [1.165, 1.54) is 11.9 Å². The molecular formula is C28H29F3N6O3S2. The number of alkyl halides is 3. The van der Waals surface area contributed by atoms with Gasteiger partial charge in [-0.15, -0.1) is 11.3 Å². The van der Waals surface area contributed by atoms with Gasteiger partial charge in [-0.05, 0) is 62.1 Å². The number of piperazine rings is 1. The number of rotatable bonds is 5. The molecule has 1 aliphatic carbocycles. The van der Waals surface area contributed by atoms with E-state index in [2.05, 4.69) is 38.2 Å². The second-order valence-corrected chi connectivity index (χ2v) is 14.7. The van der Waals surface area contributed by atoms with E-state index in [0.29, 0.717) is 35.5 Å². The van der Waals surface area contributed by atoms with E-state index in [1.807, 2.05) is 12.1 Å². The largest absolute Gasteiger partial charge is 0.420 e. The number of hydrogen-bond donors (Lipinski definition) is 1. The molecule has 7 rings (SSSR count). The molecule has 2 bridgehead atoms. The van der Waals surface area contributed by atoms with Crippen LogP contribution in [0.3, 0.4) is 0 Å². The highest BCUT2D eigenvalue weighted by Crippen LogP contribution is 2.47. The number of thiophene rings is 1. The number of likely N-dealkylation sites (N-methyl/N-ethyl adjacent to an activating group) is 1. The first kappa shape index (κ1) is 27.6. The lowest BCUT2D eigenvalue weighted by molar-refractivity contribution is -0.137. The molecule has 1 N–H and O–H groups in total. The SMILES string of the molecule is CN1CCS(=O)(=O)c2cc(-c3nc(Nc4ccc(N5C[C@H]6C[C@@H]5CN6C)cc4C4CC4)ncc3C(F)(F)F)sc2C1=O. The predicted molar refractivity (Wildman–Crippen MR) is 153 cm³/mol. The van der Waals surface area contributed by atoms with Crippen LogP contribution in [0.15, 0.2) is 35.4 Å². The molecular weight excluding hydrogens is 589 g/mol. The number of hydrogen-bond acceptors (Lipinski definition) is 9. The van der Waals surface area contributed by atoms with E-state index in [4.69, 9.17) is 0 Å². The van der Waals surface area contributed by atoms with Gasteiger partial charge in [-0.25, -0.2) is 18.4 Å². The van der Waals surface area contributed by atoms with Crippen molar-refractivity contribution in [2.24, 2.45) is 0 Å². The van der Waals surface area contributed by atoms with Crippen molar-refractivity contribution < 1.29 is 26.4 Å². The van der Waals surface area contributed by atoms with Crippen LogP contribution < -0.4 is 10.2 Å². The summed E-state index contributed by atoms with van der Waals surface area (Å²) in [6, 6.07) is 8.31. The fourth-order valence-corrected chi connectivity index (χ4v) is 9.26. The highest BCUT2D eigenvalue weighted by atomic mass is 32.2. The van der Waals surface area contributed by atoms with Crippen LogP contribution in [0.5, 0.6) is 0 Å². The number of nitrogens with zero attached hydrogens (tertiary/aromatic N) is 5. The Morgan fingerprint density at radius 2 is 1.88 bits per heavy atom. The predicted octanol–water partition coefficient (Wildman–Crippen LogP) is 4.60. The van der Waals surface area contributed by atoms with Crippen LogP contribution in [-0.2, 0) is 16.0 Å². The van der Waals surface area contributed by atoms with Crippen molar-refractivity contribution in [3.8, 4) is 10.6 Å². The lowest BCUT2D eigenvalue weighted by Crippen LogP contribution is -2.44. The van der Waals surface area contributed by atoms with Crippen LogP contribution >= 0.6 is 11.3 Å². The van der Waals surface area contributed by atoms with Gasteiger partial charge in [0.2, 0.25) is 5.95 Å². The maximum Gasteiger partial charge on any atom is 0.420 e. The van der Waals surface area contributed by atoms with Gasteiger partial charge in [-0.1, -0.05) is 0 Å². The number of carbonyl (C=O) groups is 1. The first-order chi connectivity index (χ1) is 19.9. The van der Waals surface area contributed by atoms with E-state index in [1.54, 1.807) is 0 Å². The van der Waals surface area contributed by atoms with Gasteiger partial charge in [0.05, 0.1) is 21.2 Å². The Morgan fingerprint density at radius 3 is 2.55 bits per heavy atom. The number of likely N-dealkylation sites (tertiary alicyclic amines) is 1. The van der Waals surface area contributed by atoms with Gasteiger partial charge in [0, 0.05) is 56.3 Å². The first-order valence-electron chi connectivity index (χ1n) is 13.8. The van der Waals surface area contributed by atoms with Crippen molar-refractivity contribution in [1.82, 2.24) is 19.8 Å². The van der Waals surface area contributed by atoms with E-state index in [9.17, 15) is 26.4 Å². The maximum atomic E-state index is 14.1. The van der Waals surface area contributed by atoms with Gasteiger partial charge >= 0.3 is 6.18 Å². The van der Waals surface area contributed by atoms with Crippen LogP contribution in [-0.4, -0.2) is 85.7 Å². The third-order valence-electron chi connectivity index (χ3n) is 8.74. The molecule has 222 valence electrons. The molecule has 3 aliphatic heterocycles. The molecule has 1 aromatic carbocycles. The Labute approximate surface area is 245 Å². The van der Waals surface area contributed by atoms with Crippen LogP contribution in [0.1, 0.15) is 46.0 Å². The molecule has 0 radical (unpaired) electrons. The summed E-state index contributed by atoms with van der Waals surface area (Å²) >= 11 is 0.704. The monoisotopic (exact) mass is 618 g/mol. The molecule has 3 aromatic rings. The minimum Gasteiger partial charge on any atom is -0.366 e. The molecule has 0 spiro atoms. The van der Waals surface area contributed by atoms with Crippen molar-refractivity contribution in [3.05, 3.63) is 46.5 Å². The standard InChI is InChI=1S/C28H29F3N6O3S2/c1-35-7-8-42(39,40)23-11-22(41-25(23)26(35)38)24-20(28(29,30)31)12-32-27(34-24)33-21-6-5-16(10-19(21)15-3-4-15)37-14-17-9-18(37)13-36(17)2/h5-6,10-12,15,17-18H,3-4,7-9,13-14H2,1-2H3,(H,32,33,34)/t17-,18-/m1/s1. The van der Waals surface area contributed by atoms with Crippen LogP contribution in [0, 0.1) is 0 Å². The molecule has 3 fully saturated rings. The van der Waals surface area contributed by atoms with Gasteiger partial charge < -0.3 is 15.1 Å². The summed E-state index contributed by atoms with van der Waals surface area (Å²) in [6.07, 6.45) is -0.875. The Morgan fingerprint density at radius 1 is 1.10 bits per heavy atom. The fourth-order valence-electron chi connectivity index (χ4n) is 6.23. The Balaban J connectivity index is 1.25. The zero-order valence-corrected chi connectivity index (χ0v) is 24.6. The van der Waals surface area contributed by atoms with Crippen molar-refractivity contribution >= 4 is 44.4 Å². The number of halogens is 3. The summed E-state index contributed by atoms with van der Waals surface area (Å²) in [6.45, 7) is 2.01. The highest BCUT2D eigenvalue weighted by Gasteiger charge is 2.42. The molecule has 2 aromatic heterocycles. The Hall–Kier alpha value is -3.23. The van der Waals surface area contributed by atoms with Crippen molar-refractivity contribution in [1.29, 1.82) is 0 Å². The summed E-state index contributed by atoms with van der Waals surface area (Å²) in [5, 5.41) is 3.14. The van der Waals surface area contributed by atoms with Crippen molar-refractivity contribution in [3.63, 3.8) is 0 Å². The first-order valence-corrected chi connectivity index (χ1v) is 16.3. The molecule has 1 saturated carbocycles. The number of fused-ring (bicyclic) bond motifs is 3. The number of sulfone groups is 1. The molecule has 1 amide bonds. The molecule has 0 unspecified atom stereocenters. The molecule has 4 aliphatic rings. The van der Waals surface area contributed by atoms with Crippen LogP contribution in [0.2, 0.25) is 0 Å². The molecule has 14 heteroatoms. The molecule has 2 saturated heterocycles. The van der Waals surface area contributed by atoms with Gasteiger partial charge in [-0.3, -0.25) is 9.69 Å². The van der Waals surface area contributed by atoms with Crippen molar-refractivity contribution in [2.75, 3.05) is 49.7 Å². The zero-order chi connectivity index (χ0) is 29.6. The second kappa shape index (κ2) is 9.64. The average Bonchev–Trinajstić information content (AvgIpc) is 3.40. The Bertz CT molecular complexity index is 1700. The third kappa shape index (κ3) is 4.73. The molecule has 2 atom stereocenters. The van der Waals surface area contributed by atoms with Crippen LogP contribution in [0.25, 0.3) is 10.6 Å². The topological polar surface area (TPSA) is 98.7 Å². The van der Waals surface area contributed by atoms with Gasteiger partial charge in [0.1, 0.15) is 10.4 Å². The van der Waals surface area contributed by atoms with Gasteiger partial charge in [0.25, 0.3) is 5.91 Å². The minimum atomic E-state index is -4.79.